The summed E-state index contributed by atoms with van der Waals surface area (Å²) in [6.45, 7) is 12.6. The number of nitrogens with zero attached hydrogens (tertiary/aromatic N) is 1. The molecule has 0 amide bonds. The molecule has 0 aromatic heterocycles. The van der Waals surface area contributed by atoms with Gasteiger partial charge in [0.25, 0.3) is 0 Å². The Bertz CT molecular complexity index is 268. The fourth-order valence-corrected chi connectivity index (χ4v) is 2.15. The number of hydrogen-bond acceptors (Lipinski definition) is 7. The summed E-state index contributed by atoms with van der Waals surface area (Å²) in [5, 5.41) is 31.6. The molecule has 0 rings (SSSR count). The third-order valence-corrected chi connectivity index (χ3v) is 3.51. The van der Waals surface area contributed by atoms with Crippen LogP contribution in [0.4, 0.5) is 0 Å². The molecule has 3 unspecified atom stereocenters. The van der Waals surface area contributed by atoms with Gasteiger partial charge in [-0.15, -0.1) is 0 Å². The molecule has 24 heavy (non-hydrogen) atoms. The van der Waals surface area contributed by atoms with E-state index in [1.54, 1.807) is 13.8 Å². The molecule has 0 fully saturated rings. The third-order valence-electron chi connectivity index (χ3n) is 3.51. The highest BCUT2D eigenvalue weighted by Crippen LogP contribution is 1.98. The van der Waals surface area contributed by atoms with Gasteiger partial charge in [-0.1, -0.05) is 13.8 Å². The Labute approximate surface area is 146 Å². The van der Waals surface area contributed by atoms with Gasteiger partial charge in [-0.2, -0.15) is 0 Å². The van der Waals surface area contributed by atoms with Crippen molar-refractivity contribution in [3.8, 4) is 0 Å². The van der Waals surface area contributed by atoms with Gasteiger partial charge in [0.1, 0.15) is 0 Å². The first-order valence-electron chi connectivity index (χ1n) is 8.95. The van der Waals surface area contributed by atoms with Crippen LogP contribution in [0.15, 0.2) is 0 Å². The fourth-order valence-electron chi connectivity index (χ4n) is 2.15. The van der Waals surface area contributed by atoms with Crippen molar-refractivity contribution in [3.63, 3.8) is 0 Å². The van der Waals surface area contributed by atoms with Crippen LogP contribution in [0, 0.1) is 5.92 Å². The summed E-state index contributed by atoms with van der Waals surface area (Å²) in [7, 11) is 0. The number of hydrogen-bond donors (Lipinski definition) is 4. The second-order valence-corrected chi connectivity index (χ2v) is 6.70. The maximum absolute atomic E-state index is 9.62. The lowest BCUT2D eigenvalue weighted by Gasteiger charge is -2.24. The summed E-state index contributed by atoms with van der Waals surface area (Å²) in [6.07, 6.45) is -1.16. The van der Waals surface area contributed by atoms with Crippen molar-refractivity contribution in [1.82, 2.24) is 10.2 Å². The molecule has 0 bridgehead atoms. The topological polar surface area (TPSA) is 94.4 Å². The van der Waals surface area contributed by atoms with Gasteiger partial charge in [0.05, 0.1) is 44.7 Å². The average molecular weight is 351 g/mol. The summed E-state index contributed by atoms with van der Waals surface area (Å²) in [5.74, 6) is 0.258. The summed E-state index contributed by atoms with van der Waals surface area (Å²) in [6, 6.07) is 0. The minimum absolute atomic E-state index is 0.258. The molecule has 3 atom stereocenters. The van der Waals surface area contributed by atoms with E-state index in [1.165, 1.54) is 0 Å². The molecule has 0 aliphatic heterocycles. The molecule has 0 aromatic rings. The van der Waals surface area contributed by atoms with Crippen LogP contribution >= 0.6 is 0 Å². The van der Waals surface area contributed by atoms with Crippen molar-refractivity contribution in [1.29, 1.82) is 0 Å². The molecule has 0 saturated carbocycles. The van der Waals surface area contributed by atoms with E-state index in [0.717, 1.165) is 0 Å². The molecule has 0 heterocycles. The van der Waals surface area contributed by atoms with E-state index in [-0.39, 0.29) is 12.0 Å². The number of aliphatic hydroxyl groups is 3. The van der Waals surface area contributed by atoms with Gasteiger partial charge in [-0.3, -0.25) is 4.90 Å². The number of nitrogens with one attached hydrogen (secondary N) is 1. The zero-order valence-corrected chi connectivity index (χ0v) is 15.8. The Balaban J connectivity index is 3.48. The van der Waals surface area contributed by atoms with Crippen LogP contribution in [0.1, 0.15) is 27.7 Å². The average Bonchev–Trinajstić information content (AvgIpc) is 2.47. The second-order valence-electron chi connectivity index (χ2n) is 6.70. The van der Waals surface area contributed by atoms with Crippen molar-refractivity contribution < 1.29 is 24.8 Å². The summed E-state index contributed by atoms with van der Waals surface area (Å²) in [4.78, 5) is 1.99. The first-order valence-corrected chi connectivity index (χ1v) is 8.95. The first-order chi connectivity index (χ1) is 11.3. The van der Waals surface area contributed by atoms with Gasteiger partial charge < -0.3 is 30.1 Å². The van der Waals surface area contributed by atoms with Crippen molar-refractivity contribution in [2.45, 2.75) is 46.0 Å². The molecule has 0 aromatic carbocycles. The number of rotatable bonds is 16. The van der Waals surface area contributed by atoms with Crippen LogP contribution in [0.5, 0.6) is 0 Å². The molecule has 0 aliphatic carbocycles. The summed E-state index contributed by atoms with van der Waals surface area (Å²) >= 11 is 0. The van der Waals surface area contributed by atoms with Gasteiger partial charge >= 0.3 is 0 Å². The van der Waals surface area contributed by atoms with E-state index in [0.29, 0.717) is 59.2 Å². The zero-order valence-electron chi connectivity index (χ0n) is 15.8. The second kappa shape index (κ2) is 15.0. The maximum atomic E-state index is 9.62. The normalized spacial score (nSPS) is 15.9. The molecule has 4 N–H and O–H groups in total. The standard InChI is InChI=1S/C17H38N2O5/c1-14(2)17(22)11-18-5-7-23-9-10-24-8-6-19(12-15(3)20)13-16(4)21/h14-18,20-22H,5-13H2,1-4H3. The molecule has 0 spiro atoms. The summed E-state index contributed by atoms with van der Waals surface area (Å²) in [5.41, 5.74) is 0. The quantitative estimate of drug-likeness (QED) is 0.284. The molecular formula is C17H38N2O5. The third kappa shape index (κ3) is 15.3. The lowest BCUT2D eigenvalue weighted by atomic mass is 10.1. The van der Waals surface area contributed by atoms with Gasteiger partial charge in [0.2, 0.25) is 0 Å². The van der Waals surface area contributed by atoms with E-state index in [2.05, 4.69) is 5.32 Å². The SMILES string of the molecule is CC(O)CN(CCOCCOCCNCC(O)C(C)C)CC(C)O. The number of aliphatic hydroxyl groups excluding tert-OH is 3. The highest BCUT2D eigenvalue weighted by atomic mass is 16.5. The fraction of sp³-hybridized carbons (Fsp3) is 1.00. The molecule has 0 aliphatic rings. The van der Waals surface area contributed by atoms with Crippen molar-refractivity contribution >= 4 is 0 Å². The Kier molecular flexibility index (Phi) is 14.8. The van der Waals surface area contributed by atoms with Crippen LogP contribution in [0.3, 0.4) is 0 Å². The van der Waals surface area contributed by atoms with Crippen molar-refractivity contribution in [2.24, 2.45) is 5.92 Å². The lowest BCUT2D eigenvalue weighted by Crippen LogP contribution is -2.38. The van der Waals surface area contributed by atoms with E-state index in [1.807, 2.05) is 18.7 Å². The van der Waals surface area contributed by atoms with E-state index in [4.69, 9.17) is 9.47 Å². The van der Waals surface area contributed by atoms with Crippen LogP contribution < -0.4 is 5.32 Å². The maximum Gasteiger partial charge on any atom is 0.0701 e. The van der Waals surface area contributed by atoms with Gasteiger partial charge in [0.15, 0.2) is 0 Å². The monoisotopic (exact) mass is 350 g/mol. The molecule has 0 saturated heterocycles. The van der Waals surface area contributed by atoms with Crippen LogP contribution in [0.25, 0.3) is 0 Å². The Hall–Kier alpha value is -0.280. The zero-order chi connectivity index (χ0) is 18.4. The van der Waals surface area contributed by atoms with Crippen LogP contribution in [-0.4, -0.2) is 97.7 Å². The predicted molar refractivity (Wildman–Crippen MR) is 95.2 cm³/mol. The van der Waals surface area contributed by atoms with Gasteiger partial charge in [0, 0.05) is 32.7 Å². The molecule has 7 nitrogen and oxygen atoms in total. The van der Waals surface area contributed by atoms with Gasteiger partial charge in [-0.05, 0) is 19.8 Å². The largest absolute Gasteiger partial charge is 0.392 e. The highest BCUT2D eigenvalue weighted by molar-refractivity contribution is 4.64. The Morgan fingerprint density at radius 1 is 0.833 bits per heavy atom. The van der Waals surface area contributed by atoms with Crippen LogP contribution in [-0.2, 0) is 9.47 Å². The Morgan fingerprint density at radius 2 is 1.38 bits per heavy atom. The van der Waals surface area contributed by atoms with E-state index in [9.17, 15) is 15.3 Å². The van der Waals surface area contributed by atoms with Crippen LogP contribution in [0.2, 0.25) is 0 Å². The lowest BCUT2D eigenvalue weighted by molar-refractivity contribution is 0.0247. The predicted octanol–water partition coefficient (Wildman–Crippen LogP) is -0.310. The van der Waals surface area contributed by atoms with Gasteiger partial charge in [-0.25, -0.2) is 0 Å². The smallest absolute Gasteiger partial charge is 0.0701 e. The van der Waals surface area contributed by atoms with Crippen molar-refractivity contribution in [2.75, 3.05) is 59.2 Å². The van der Waals surface area contributed by atoms with Crippen molar-refractivity contribution in [3.05, 3.63) is 0 Å². The van der Waals surface area contributed by atoms with E-state index >= 15 is 0 Å². The summed E-state index contributed by atoms with van der Waals surface area (Å²) < 4.78 is 11.0. The first kappa shape index (κ1) is 23.7. The molecule has 7 heteroatoms. The minimum Gasteiger partial charge on any atom is -0.392 e. The van der Waals surface area contributed by atoms with E-state index < -0.39 is 12.2 Å². The molecular weight excluding hydrogens is 312 g/mol. The molecule has 0 radical (unpaired) electrons. The number of ether oxygens (including phenoxy) is 2. The molecule has 146 valence electrons. The highest BCUT2D eigenvalue weighted by Gasteiger charge is 2.10. The minimum atomic E-state index is -0.422. The Morgan fingerprint density at radius 3 is 1.88 bits per heavy atom.